The molecule has 2 aromatic heterocycles. The van der Waals surface area contributed by atoms with E-state index in [9.17, 15) is 0 Å². The van der Waals surface area contributed by atoms with E-state index in [1.165, 1.54) is 12.8 Å². The summed E-state index contributed by atoms with van der Waals surface area (Å²) in [6.45, 7) is 1.01. The predicted molar refractivity (Wildman–Crippen MR) is 86.9 cm³/mol. The van der Waals surface area contributed by atoms with Crippen LogP contribution in [0.25, 0.3) is 22.3 Å². The van der Waals surface area contributed by atoms with E-state index in [-0.39, 0.29) is 18.4 Å². The van der Waals surface area contributed by atoms with E-state index in [4.69, 9.17) is 4.52 Å². The van der Waals surface area contributed by atoms with E-state index in [0.29, 0.717) is 11.7 Å². The average Bonchev–Trinajstić information content (AvgIpc) is 3.05. The minimum atomic E-state index is 0. The van der Waals surface area contributed by atoms with Crippen molar-refractivity contribution < 1.29 is 4.52 Å². The molecule has 1 unspecified atom stereocenters. The summed E-state index contributed by atoms with van der Waals surface area (Å²) in [6, 6.07) is 10.3. The summed E-state index contributed by atoms with van der Waals surface area (Å²) in [7, 11) is 0. The lowest BCUT2D eigenvalue weighted by molar-refractivity contribution is 0.297. The van der Waals surface area contributed by atoms with Gasteiger partial charge in [0.15, 0.2) is 0 Å². The van der Waals surface area contributed by atoms with E-state index >= 15 is 0 Å². The van der Waals surface area contributed by atoms with Crippen molar-refractivity contribution in [3.8, 4) is 11.5 Å². The number of aromatic nitrogens is 3. The van der Waals surface area contributed by atoms with Crippen LogP contribution in [0.3, 0.4) is 0 Å². The van der Waals surface area contributed by atoms with Gasteiger partial charge in [0, 0.05) is 11.6 Å². The van der Waals surface area contributed by atoms with Crippen LogP contribution in [0.15, 0.2) is 41.1 Å². The number of benzene rings is 1. The summed E-state index contributed by atoms with van der Waals surface area (Å²) >= 11 is 0. The third-order valence-electron chi connectivity index (χ3n) is 3.94. The molecule has 5 nitrogen and oxygen atoms in total. The van der Waals surface area contributed by atoms with Crippen molar-refractivity contribution in [2.24, 2.45) is 0 Å². The molecule has 1 N–H and O–H groups in total. The molecule has 1 aromatic carbocycles. The summed E-state index contributed by atoms with van der Waals surface area (Å²) < 4.78 is 5.44. The van der Waals surface area contributed by atoms with Gasteiger partial charge in [0.2, 0.25) is 11.7 Å². The Hall–Kier alpha value is -1.98. The molecule has 1 saturated heterocycles. The maximum atomic E-state index is 5.44. The van der Waals surface area contributed by atoms with Crippen molar-refractivity contribution in [2.75, 3.05) is 6.54 Å². The molecule has 3 aromatic rings. The number of nitrogens with zero attached hydrogens (tertiary/aromatic N) is 3. The molecule has 3 heterocycles. The van der Waals surface area contributed by atoms with E-state index in [2.05, 4.69) is 26.5 Å². The van der Waals surface area contributed by atoms with Gasteiger partial charge in [-0.05, 0) is 30.8 Å². The molecule has 1 atom stereocenters. The van der Waals surface area contributed by atoms with Crippen LogP contribution in [0.5, 0.6) is 0 Å². The lowest BCUT2D eigenvalue weighted by Crippen LogP contribution is -2.26. The van der Waals surface area contributed by atoms with Gasteiger partial charge in [0.1, 0.15) is 5.69 Å². The van der Waals surface area contributed by atoms with Crippen molar-refractivity contribution in [2.45, 2.75) is 25.3 Å². The highest BCUT2D eigenvalue weighted by atomic mass is 35.5. The van der Waals surface area contributed by atoms with Gasteiger partial charge in [-0.2, -0.15) is 4.98 Å². The van der Waals surface area contributed by atoms with Crippen LogP contribution < -0.4 is 5.32 Å². The molecule has 0 aliphatic carbocycles. The van der Waals surface area contributed by atoms with Crippen LogP contribution in [0.2, 0.25) is 0 Å². The first-order valence-electron chi connectivity index (χ1n) is 7.33. The van der Waals surface area contributed by atoms with Gasteiger partial charge in [0.25, 0.3) is 0 Å². The molecule has 114 valence electrons. The van der Waals surface area contributed by atoms with Crippen molar-refractivity contribution in [1.82, 2.24) is 20.4 Å². The Kier molecular flexibility index (Phi) is 4.36. The normalized spacial score (nSPS) is 18.1. The van der Waals surface area contributed by atoms with E-state index in [1.54, 1.807) is 6.20 Å². The van der Waals surface area contributed by atoms with Crippen LogP contribution in [0, 0.1) is 0 Å². The van der Waals surface area contributed by atoms with Crippen LogP contribution in [-0.4, -0.2) is 21.7 Å². The first kappa shape index (κ1) is 14.9. The number of hydrogen-bond donors (Lipinski definition) is 1. The molecule has 0 amide bonds. The van der Waals surface area contributed by atoms with Gasteiger partial charge < -0.3 is 9.84 Å². The van der Waals surface area contributed by atoms with Crippen LogP contribution in [-0.2, 0) is 0 Å². The van der Waals surface area contributed by atoms with E-state index in [0.717, 1.165) is 29.4 Å². The Morgan fingerprint density at radius 1 is 1.14 bits per heavy atom. The molecule has 1 fully saturated rings. The zero-order chi connectivity index (χ0) is 14.1. The Bertz CT molecular complexity index is 762. The summed E-state index contributed by atoms with van der Waals surface area (Å²) in [5, 5.41) is 9.72. The molecule has 22 heavy (non-hydrogen) atoms. The van der Waals surface area contributed by atoms with Crippen molar-refractivity contribution in [1.29, 1.82) is 0 Å². The number of fused-ring (bicyclic) bond motifs is 1. The minimum Gasteiger partial charge on any atom is -0.337 e. The lowest BCUT2D eigenvalue weighted by atomic mass is 10.1. The zero-order valence-corrected chi connectivity index (χ0v) is 12.8. The highest BCUT2D eigenvalue weighted by Gasteiger charge is 2.22. The third-order valence-corrected chi connectivity index (χ3v) is 3.94. The number of nitrogens with one attached hydrogen (secondary N) is 1. The molecule has 0 saturated carbocycles. The maximum Gasteiger partial charge on any atom is 0.244 e. The second-order valence-corrected chi connectivity index (χ2v) is 5.34. The van der Waals surface area contributed by atoms with Gasteiger partial charge in [-0.15, -0.1) is 12.4 Å². The van der Waals surface area contributed by atoms with Crippen molar-refractivity contribution in [3.05, 3.63) is 42.4 Å². The first-order valence-corrected chi connectivity index (χ1v) is 7.33. The number of halogens is 1. The molecule has 0 bridgehead atoms. The molecule has 4 rings (SSSR count). The SMILES string of the molecule is Cl.c1ccc2c(-c3noc(C4CCCCN4)n3)nccc2c1. The van der Waals surface area contributed by atoms with Gasteiger partial charge in [-0.3, -0.25) is 4.98 Å². The Morgan fingerprint density at radius 2 is 2.05 bits per heavy atom. The maximum absolute atomic E-state index is 5.44. The summed E-state index contributed by atoms with van der Waals surface area (Å²) in [5.74, 6) is 1.23. The van der Waals surface area contributed by atoms with Crippen LogP contribution in [0.1, 0.15) is 31.2 Å². The Labute approximate surface area is 134 Å². The largest absolute Gasteiger partial charge is 0.337 e. The third kappa shape index (κ3) is 2.69. The minimum absolute atomic E-state index is 0. The number of pyridine rings is 1. The van der Waals surface area contributed by atoms with E-state index in [1.807, 2.05) is 24.3 Å². The highest BCUT2D eigenvalue weighted by Crippen LogP contribution is 2.27. The standard InChI is InChI=1S/C16H16N4O.ClH/c1-2-6-12-11(5-1)8-10-18-14(12)15-19-16(21-20-15)13-7-3-4-9-17-13;/h1-2,5-6,8,10,13,17H,3-4,7,9H2;1H. The Morgan fingerprint density at radius 3 is 2.91 bits per heavy atom. The average molecular weight is 317 g/mol. The second-order valence-electron chi connectivity index (χ2n) is 5.34. The molecule has 1 aliphatic heterocycles. The fourth-order valence-electron chi connectivity index (χ4n) is 2.83. The van der Waals surface area contributed by atoms with E-state index < -0.39 is 0 Å². The molecular formula is C16H17ClN4O. The fourth-order valence-corrected chi connectivity index (χ4v) is 2.83. The number of hydrogen-bond acceptors (Lipinski definition) is 5. The lowest BCUT2D eigenvalue weighted by Gasteiger charge is -2.19. The molecule has 0 radical (unpaired) electrons. The summed E-state index contributed by atoms with van der Waals surface area (Å²) in [6.07, 6.45) is 5.24. The Balaban J connectivity index is 0.00000144. The summed E-state index contributed by atoms with van der Waals surface area (Å²) in [5.41, 5.74) is 0.777. The summed E-state index contributed by atoms with van der Waals surface area (Å²) in [4.78, 5) is 8.98. The quantitative estimate of drug-likeness (QED) is 0.783. The van der Waals surface area contributed by atoms with Gasteiger partial charge in [0.05, 0.1) is 6.04 Å². The molecular weight excluding hydrogens is 300 g/mol. The fraction of sp³-hybridized carbons (Fsp3) is 0.312. The number of piperidine rings is 1. The van der Waals surface area contributed by atoms with Crippen molar-refractivity contribution in [3.63, 3.8) is 0 Å². The smallest absolute Gasteiger partial charge is 0.244 e. The zero-order valence-electron chi connectivity index (χ0n) is 12.0. The molecule has 0 spiro atoms. The number of rotatable bonds is 2. The van der Waals surface area contributed by atoms with Crippen LogP contribution >= 0.6 is 12.4 Å². The van der Waals surface area contributed by atoms with Gasteiger partial charge in [-0.25, -0.2) is 0 Å². The van der Waals surface area contributed by atoms with Crippen molar-refractivity contribution >= 4 is 23.2 Å². The molecule has 1 aliphatic rings. The van der Waals surface area contributed by atoms with Crippen LogP contribution in [0.4, 0.5) is 0 Å². The topological polar surface area (TPSA) is 63.8 Å². The van der Waals surface area contributed by atoms with Gasteiger partial charge in [-0.1, -0.05) is 35.8 Å². The second kappa shape index (κ2) is 6.42. The monoisotopic (exact) mass is 316 g/mol. The predicted octanol–water partition coefficient (Wildman–Crippen LogP) is 3.52. The van der Waals surface area contributed by atoms with Gasteiger partial charge >= 0.3 is 0 Å². The molecule has 6 heteroatoms. The first-order chi connectivity index (χ1) is 10.4. The highest BCUT2D eigenvalue weighted by molar-refractivity contribution is 5.92.